The highest BCUT2D eigenvalue weighted by Gasteiger charge is 2.25. The minimum Gasteiger partial charge on any atom is -0.496 e. The Morgan fingerprint density at radius 2 is 2.25 bits per heavy atom. The molecule has 124 valence electrons. The van der Waals surface area contributed by atoms with Crippen molar-refractivity contribution in [2.45, 2.75) is 19.5 Å². The molecule has 10 nitrogen and oxygen atoms in total. The molecule has 0 saturated carbocycles. The maximum absolute atomic E-state index is 12.3. The second-order valence-corrected chi connectivity index (χ2v) is 4.92. The third kappa shape index (κ3) is 3.37. The summed E-state index contributed by atoms with van der Waals surface area (Å²) in [6.07, 6.45) is 1.36. The van der Waals surface area contributed by atoms with Gasteiger partial charge in [-0.1, -0.05) is 23.4 Å². The second-order valence-electron chi connectivity index (χ2n) is 4.92. The number of hydrogen-bond acceptors (Lipinski definition) is 8. The highest BCUT2D eigenvalue weighted by Crippen LogP contribution is 2.28. The van der Waals surface area contributed by atoms with Crippen LogP contribution in [0, 0.1) is 6.92 Å². The average molecular weight is 329 g/mol. The van der Waals surface area contributed by atoms with Crippen LogP contribution in [-0.2, 0) is 11.3 Å². The van der Waals surface area contributed by atoms with Crippen LogP contribution in [0.3, 0.4) is 0 Å². The smallest absolute Gasteiger partial charge is 0.242 e. The van der Waals surface area contributed by atoms with E-state index >= 15 is 0 Å². The zero-order valence-electron chi connectivity index (χ0n) is 13.1. The summed E-state index contributed by atoms with van der Waals surface area (Å²) in [7, 11) is 1.56. The highest BCUT2D eigenvalue weighted by atomic mass is 16.5. The molecule has 1 amide bonds. The van der Waals surface area contributed by atoms with E-state index in [9.17, 15) is 4.79 Å². The topological polar surface area (TPSA) is 121 Å². The van der Waals surface area contributed by atoms with Gasteiger partial charge in [-0.15, -0.1) is 5.10 Å². The summed E-state index contributed by atoms with van der Waals surface area (Å²) in [4.78, 5) is 16.5. The largest absolute Gasteiger partial charge is 0.496 e. The van der Waals surface area contributed by atoms with Gasteiger partial charge in [0.25, 0.3) is 0 Å². The number of amides is 1. The average Bonchev–Trinajstić information content (AvgIpc) is 3.24. The monoisotopic (exact) mass is 329 g/mol. The van der Waals surface area contributed by atoms with E-state index < -0.39 is 6.04 Å². The van der Waals surface area contributed by atoms with Gasteiger partial charge in [-0.05, 0) is 16.5 Å². The maximum atomic E-state index is 12.3. The number of benzene rings is 1. The van der Waals surface area contributed by atoms with Crippen LogP contribution < -0.4 is 10.1 Å². The highest BCUT2D eigenvalue weighted by molar-refractivity contribution is 5.76. The van der Waals surface area contributed by atoms with Gasteiger partial charge in [-0.25, -0.2) is 4.68 Å². The van der Waals surface area contributed by atoms with Crippen molar-refractivity contribution in [2.24, 2.45) is 0 Å². The van der Waals surface area contributed by atoms with Crippen molar-refractivity contribution in [3.8, 4) is 5.75 Å². The Bertz CT molecular complexity index is 815. The summed E-state index contributed by atoms with van der Waals surface area (Å²) in [5.74, 6) is 1.04. The van der Waals surface area contributed by atoms with E-state index in [1.54, 1.807) is 20.1 Å². The van der Waals surface area contributed by atoms with Gasteiger partial charge >= 0.3 is 0 Å². The van der Waals surface area contributed by atoms with Crippen LogP contribution in [-0.4, -0.2) is 43.4 Å². The Balaban J connectivity index is 1.89. The van der Waals surface area contributed by atoms with Gasteiger partial charge in [0.2, 0.25) is 11.8 Å². The standard InChI is InChI=1S/C14H15N7O3/c1-9-16-14(18-24-9)13(10-5-3-4-6-11(10)23-2)17-12(22)7-21-8-15-19-20-21/h3-6,8,13H,7H2,1-2H3,(H,17,22)/t13-/m1/s1. The van der Waals surface area contributed by atoms with Gasteiger partial charge in [-0.3, -0.25) is 4.79 Å². The number of nitrogens with one attached hydrogen (secondary N) is 1. The molecule has 10 heteroatoms. The van der Waals surface area contributed by atoms with Crippen molar-refractivity contribution in [1.29, 1.82) is 0 Å². The molecule has 0 fully saturated rings. The fourth-order valence-electron chi connectivity index (χ4n) is 2.22. The maximum Gasteiger partial charge on any atom is 0.242 e. The first-order chi connectivity index (χ1) is 11.7. The molecule has 3 rings (SSSR count). The molecule has 0 spiro atoms. The Labute approximate surface area is 136 Å². The molecule has 0 radical (unpaired) electrons. The van der Waals surface area contributed by atoms with E-state index in [4.69, 9.17) is 9.26 Å². The predicted molar refractivity (Wildman–Crippen MR) is 79.8 cm³/mol. The Hall–Kier alpha value is -3.30. The lowest BCUT2D eigenvalue weighted by molar-refractivity contribution is -0.122. The van der Waals surface area contributed by atoms with Crippen molar-refractivity contribution in [2.75, 3.05) is 7.11 Å². The van der Waals surface area contributed by atoms with Crippen molar-refractivity contribution in [1.82, 2.24) is 35.7 Å². The minimum atomic E-state index is -0.623. The van der Waals surface area contributed by atoms with Crippen LogP contribution in [0.25, 0.3) is 0 Å². The molecule has 3 aromatic rings. The third-order valence-corrected chi connectivity index (χ3v) is 3.25. The molecule has 0 aliphatic heterocycles. The quantitative estimate of drug-likeness (QED) is 0.684. The molecule has 0 saturated heterocycles. The van der Waals surface area contributed by atoms with Crippen molar-refractivity contribution in [3.63, 3.8) is 0 Å². The van der Waals surface area contributed by atoms with E-state index in [1.807, 2.05) is 18.2 Å². The van der Waals surface area contributed by atoms with Crippen LogP contribution in [0.5, 0.6) is 5.75 Å². The van der Waals surface area contributed by atoms with E-state index in [2.05, 4.69) is 31.0 Å². The number of para-hydroxylation sites is 1. The zero-order valence-corrected chi connectivity index (χ0v) is 13.1. The van der Waals surface area contributed by atoms with Crippen LogP contribution in [0.15, 0.2) is 35.1 Å². The second kappa shape index (κ2) is 6.86. The molecule has 1 aromatic carbocycles. The van der Waals surface area contributed by atoms with E-state index in [0.29, 0.717) is 23.0 Å². The first-order valence-corrected chi connectivity index (χ1v) is 7.10. The molecular weight excluding hydrogens is 314 g/mol. The van der Waals surface area contributed by atoms with Gasteiger partial charge < -0.3 is 14.6 Å². The summed E-state index contributed by atoms with van der Waals surface area (Å²) < 4.78 is 11.7. The molecule has 24 heavy (non-hydrogen) atoms. The van der Waals surface area contributed by atoms with E-state index in [0.717, 1.165) is 0 Å². The fraction of sp³-hybridized carbons (Fsp3) is 0.286. The number of carbonyl (C=O) groups is 1. The molecule has 0 aliphatic carbocycles. The summed E-state index contributed by atoms with van der Waals surface area (Å²) in [5, 5.41) is 17.4. The van der Waals surface area contributed by atoms with Gasteiger partial charge in [0.1, 0.15) is 24.7 Å². The number of aromatic nitrogens is 6. The molecule has 2 heterocycles. The van der Waals surface area contributed by atoms with Crippen molar-refractivity contribution >= 4 is 5.91 Å². The first kappa shape index (κ1) is 15.6. The number of methoxy groups -OCH3 is 1. The number of nitrogens with zero attached hydrogens (tertiary/aromatic N) is 6. The Morgan fingerprint density at radius 3 is 2.92 bits per heavy atom. The van der Waals surface area contributed by atoms with E-state index in [1.165, 1.54) is 11.0 Å². The first-order valence-electron chi connectivity index (χ1n) is 7.10. The van der Waals surface area contributed by atoms with Gasteiger partial charge in [0.05, 0.1) is 7.11 Å². The summed E-state index contributed by atoms with van der Waals surface area (Å²) in [6.45, 7) is 1.65. The van der Waals surface area contributed by atoms with Gasteiger partial charge in [-0.2, -0.15) is 4.98 Å². The molecule has 0 aliphatic rings. The number of rotatable bonds is 6. The van der Waals surface area contributed by atoms with Gasteiger partial charge in [0, 0.05) is 12.5 Å². The normalized spacial score (nSPS) is 11.9. The SMILES string of the molecule is COc1ccccc1[C@@H](NC(=O)Cn1cnnn1)c1noc(C)n1. The van der Waals surface area contributed by atoms with Crippen molar-refractivity contribution in [3.05, 3.63) is 47.9 Å². The Morgan fingerprint density at radius 1 is 1.42 bits per heavy atom. The number of ether oxygens (including phenoxy) is 1. The Kier molecular flexibility index (Phi) is 4.45. The molecule has 1 N–H and O–H groups in total. The lowest BCUT2D eigenvalue weighted by Crippen LogP contribution is -2.33. The van der Waals surface area contributed by atoms with Crippen LogP contribution >= 0.6 is 0 Å². The number of aryl methyl sites for hydroxylation is 1. The fourth-order valence-corrected chi connectivity index (χ4v) is 2.22. The summed E-state index contributed by atoms with van der Waals surface area (Å²) in [5.41, 5.74) is 0.714. The number of tetrazole rings is 1. The lowest BCUT2D eigenvalue weighted by atomic mass is 10.0. The molecule has 2 aromatic heterocycles. The minimum absolute atomic E-state index is 0.0323. The van der Waals surface area contributed by atoms with Crippen molar-refractivity contribution < 1.29 is 14.1 Å². The van der Waals surface area contributed by atoms with Crippen LogP contribution in [0.1, 0.15) is 23.3 Å². The molecule has 1 atom stereocenters. The number of carbonyl (C=O) groups excluding carboxylic acids is 1. The van der Waals surface area contributed by atoms with Crippen LogP contribution in [0.4, 0.5) is 0 Å². The zero-order chi connectivity index (χ0) is 16.9. The van der Waals surface area contributed by atoms with E-state index in [-0.39, 0.29) is 12.5 Å². The summed E-state index contributed by atoms with van der Waals surface area (Å²) in [6, 6.07) is 6.67. The molecule has 0 unspecified atom stereocenters. The molecule has 0 bridgehead atoms. The summed E-state index contributed by atoms with van der Waals surface area (Å²) >= 11 is 0. The van der Waals surface area contributed by atoms with Crippen LogP contribution in [0.2, 0.25) is 0 Å². The lowest BCUT2D eigenvalue weighted by Gasteiger charge is -2.18. The van der Waals surface area contributed by atoms with Gasteiger partial charge in [0.15, 0.2) is 5.82 Å². The molecular formula is C14H15N7O3. The predicted octanol–water partition coefficient (Wildman–Crippen LogP) is 0.279. The number of hydrogen-bond donors (Lipinski definition) is 1. The third-order valence-electron chi connectivity index (χ3n) is 3.25.